The van der Waals surface area contributed by atoms with Crippen molar-refractivity contribution in [1.29, 1.82) is 0 Å². The van der Waals surface area contributed by atoms with Crippen molar-refractivity contribution in [3.05, 3.63) is 77.0 Å². The van der Waals surface area contributed by atoms with Gasteiger partial charge in [0.25, 0.3) is 0 Å². The molecule has 33 heavy (non-hydrogen) atoms. The molecule has 6 nitrogen and oxygen atoms in total. The largest absolute Gasteiger partial charge is 0.483 e. The first kappa shape index (κ1) is 25.1. The molecule has 0 radical (unpaired) electrons. The molecule has 0 spiro atoms. The Hall–Kier alpha value is -2.58. The van der Waals surface area contributed by atoms with E-state index in [0.29, 0.717) is 17.5 Å². The van der Waals surface area contributed by atoms with Crippen LogP contribution in [0.5, 0.6) is 5.75 Å². The van der Waals surface area contributed by atoms with E-state index in [-0.39, 0.29) is 23.2 Å². The molecule has 0 saturated carbocycles. The number of benzene rings is 2. The fraction of sp³-hybridized carbons (Fsp3) is 0.320. The summed E-state index contributed by atoms with van der Waals surface area (Å²) >= 11 is 4.72. The highest BCUT2D eigenvalue weighted by Gasteiger charge is 2.20. The van der Waals surface area contributed by atoms with Gasteiger partial charge >= 0.3 is 0 Å². The minimum Gasteiger partial charge on any atom is -0.483 e. The maximum absolute atomic E-state index is 12.4. The number of rotatable bonds is 9. The molecule has 1 amide bonds. The number of nitrogens with one attached hydrogen (secondary N) is 1. The summed E-state index contributed by atoms with van der Waals surface area (Å²) in [7, 11) is 0. The highest BCUT2D eigenvalue weighted by atomic mass is 79.9. The molecular formula is C25H29BrN4O2S. The lowest BCUT2D eigenvalue weighted by Crippen LogP contribution is -2.15. The average molecular weight is 530 g/mol. The maximum Gasteiger partial charge on any atom is 0.234 e. The third kappa shape index (κ3) is 6.95. The van der Waals surface area contributed by atoms with E-state index in [4.69, 9.17) is 4.74 Å². The normalized spacial score (nSPS) is 12.3. The number of amides is 1. The number of halogens is 1. The molecule has 0 saturated heterocycles. The molecule has 0 bridgehead atoms. The Morgan fingerprint density at radius 2 is 1.85 bits per heavy atom. The van der Waals surface area contributed by atoms with E-state index in [1.54, 1.807) is 6.08 Å². The molecule has 1 heterocycles. The second-order valence-electron chi connectivity index (χ2n) is 8.62. The number of carbonyl (C=O) groups is 1. The van der Waals surface area contributed by atoms with E-state index in [2.05, 4.69) is 70.9 Å². The van der Waals surface area contributed by atoms with Gasteiger partial charge in [-0.2, -0.15) is 0 Å². The Labute approximate surface area is 208 Å². The number of anilines is 1. The van der Waals surface area contributed by atoms with Gasteiger partial charge in [0.05, 0.1) is 5.75 Å². The Morgan fingerprint density at radius 1 is 1.18 bits per heavy atom. The van der Waals surface area contributed by atoms with Crippen LogP contribution in [-0.4, -0.2) is 26.4 Å². The smallest absolute Gasteiger partial charge is 0.234 e. The summed E-state index contributed by atoms with van der Waals surface area (Å²) < 4.78 is 9.02. The molecular weight excluding hydrogens is 500 g/mol. The second-order valence-corrected chi connectivity index (χ2v) is 10.5. The van der Waals surface area contributed by atoms with E-state index in [1.165, 1.54) is 17.3 Å². The summed E-state index contributed by atoms with van der Waals surface area (Å²) in [6.45, 7) is 12.9. The van der Waals surface area contributed by atoms with Crippen LogP contribution >= 0.6 is 27.7 Å². The number of hydrogen-bond donors (Lipinski definition) is 1. The molecule has 1 unspecified atom stereocenters. The number of ether oxygens (including phenoxy) is 1. The van der Waals surface area contributed by atoms with Crippen molar-refractivity contribution in [2.75, 3.05) is 11.1 Å². The van der Waals surface area contributed by atoms with Crippen LogP contribution in [0.3, 0.4) is 0 Å². The first-order valence-electron chi connectivity index (χ1n) is 10.7. The van der Waals surface area contributed by atoms with E-state index < -0.39 is 0 Å². The zero-order valence-electron chi connectivity index (χ0n) is 19.3. The molecule has 1 aromatic heterocycles. The van der Waals surface area contributed by atoms with Crippen LogP contribution in [0.2, 0.25) is 0 Å². The lowest BCUT2D eigenvalue weighted by molar-refractivity contribution is -0.113. The van der Waals surface area contributed by atoms with Crippen molar-refractivity contribution in [2.45, 2.75) is 50.9 Å². The number of thioether (sulfide) groups is 1. The van der Waals surface area contributed by atoms with Crippen LogP contribution in [0.1, 0.15) is 45.2 Å². The number of nitrogens with zero attached hydrogens (tertiary/aromatic N) is 3. The molecule has 0 fully saturated rings. The maximum atomic E-state index is 12.4. The van der Waals surface area contributed by atoms with Crippen LogP contribution in [-0.2, 0) is 16.8 Å². The highest BCUT2D eigenvalue weighted by molar-refractivity contribution is 9.10. The van der Waals surface area contributed by atoms with Gasteiger partial charge in [0.15, 0.2) is 17.1 Å². The van der Waals surface area contributed by atoms with Crippen molar-refractivity contribution in [1.82, 2.24) is 14.8 Å². The average Bonchev–Trinajstić information content (AvgIpc) is 3.17. The minimum atomic E-state index is -0.316. The SMILES string of the molecule is C=CCn1c(SCC(=O)Nc2ccc(Br)cc2)nnc1C(C)Oc1ccc(C(C)(C)C)cc1. The van der Waals surface area contributed by atoms with E-state index in [0.717, 1.165) is 15.9 Å². The monoisotopic (exact) mass is 528 g/mol. The van der Waals surface area contributed by atoms with Crippen molar-refractivity contribution in [3.63, 3.8) is 0 Å². The molecule has 0 aliphatic heterocycles. The second kappa shape index (κ2) is 11.0. The van der Waals surface area contributed by atoms with Crippen molar-refractivity contribution < 1.29 is 9.53 Å². The van der Waals surface area contributed by atoms with Crippen LogP contribution in [0.15, 0.2) is 70.8 Å². The Bertz CT molecular complexity index is 1090. The number of carbonyl (C=O) groups excluding carboxylic acids is 1. The number of aromatic nitrogens is 3. The summed E-state index contributed by atoms with van der Waals surface area (Å²) in [5.74, 6) is 1.56. The van der Waals surface area contributed by atoms with E-state index in [1.807, 2.05) is 47.9 Å². The van der Waals surface area contributed by atoms with Gasteiger partial charge in [-0.25, -0.2) is 0 Å². The topological polar surface area (TPSA) is 69.0 Å². The van der Waals surface area contributed by atoms with Crippen LogP contribution in [0.4, 0.5) is 5.69 Å². The number of hydrogen-bond acceptors (Lipinski definition) is 5. The molecule has 3 rings (SSSR count). The third-order valence-corrected chi connectivity index (χ3v) is 6.41. The Balaban J connectivity index is 1.66. The predicted molar refractivity (Wildman–Crippen MR) is 138 cm³/mol. The molecule has 174 valence electrons. The fourth-order valence-corrected chi connectivity index (χ4v) is 4.18. The number of allylic oxidation sites excluding steroid dienone is 1. The quantitative estimate of drug-likeness (QED) is 0.257. The first-order valence-corrected chi connectivity index (χ1v) is 12.4. The summed E-state index contributed by atoms with van der Waals surface area (Å²) in [6, 6.07) is 15.6. The van der Waals surface area contributed by atoms with Gasteiger partial charge in [-0.3, -0.25) is 9.36 Å². The fourth-order valence-electron chi connectivity index (χ4n) is 3.16. The van der Waals surface area contributed by atoms with E-state index in [9.17, 15) is 4.79 Å². The zero-order valence-corrected chi connectivity index (χ0v) is 21.7. The molecule has 1 atom stereocenters. The van der Waals surface area contributed by atoms with Gasteiger partial charge in [0, 0.05) is 16.7 Å². The van der Waals surface area contributed by atoms with Crippen LogP contribution < -0.4 is 10.1 Å². The zero-order chi connectivity index (χ0) is 24.0. The van der Waals surface area contributed by atoms with Gasteiger partial charge < -0.3 is 10.1 Å². The molecule has 1 N–H and O–H groups in total. The predicted octanol–water partition coefficient (Wildman–Crippen LogP) is 6.39. The van der Waals surface area contributed by atoms with Gasteiger partial charge in [0.1, 0.15) is 5.75 Å². The third-order valence-electron chi connectivity index (χ3n) is 4.91. The van der Waals surface area contributed by atoms with Crippen molar-refractivity contribution >= 4 is 39.3 Å². The molecule has 2 aromatic carbocycles. The minimum absolute atomic E-state index is 0.0874. The van der Waals surface area contributed by atoms with Crippen molar-refractivity contribution in [3.8, 4) is 5.75 Å². The molecule has 0 aliphatic carbocycles. The van der Waals surface area contributed by atoms with Crippen LogP contribution in [0.25, 0.3) is 0 Å². The van der Waals surface area contributed by atoms with Crippen LogP contribution in [0, 0.1) is 0 Å². The van der Waals surface area contributed by atoms with Gasteiger partial charge in [-0.05, 0) is 54.3 Å². The summed E-state index contributed by atoms with van der Waals surface area (Å²) in [5.41, 5.74) is 2.08. The molecule has 3 aromatic rings. The lowest BCUT2D eigenvalue weighted by Gasteiger charge is -2.20. The van der Waals surface area contributed by atoms with E-state index >= 15 is 0 Å². The van der Waals surface area contributed by atoms with Crippen molar-refractivity contribution in [2.24, 2.45) is 0 Å². The summed E-state index contributed by atoms with van der Waals surface area (Å²) in [6.07, 6.45) is 1.47. The van der Waals surface area contributed by atoms with Gasteiger partial charge in [0.2, 0.25) is 5.91 Å². The first-order chi connectivity index (χ1) is 15.7. The van der Waals surface area contributed by atoms with Gasteiger partial charge in [-0.15, -0.1) is 16.8 Å². The lowest BCUT2D eigenvalue weighted by atomic mass is 9.87. The summed E-state index contributed by atoms with van der Waals surface area (Å²) in [4.78, 5) is 12.4. The summed E-state index contributed by atoms with van der Waals surface area (Å²) in [5, 5.41) is 12.2. The standard InChI is InChI=1S/C25H29BrN4O2S/c1-6-15-30-23(17(2)32-21-13-7-18(8-14-21)25(3,4)5)28-29-24(30)33-16-22(31)27-20-11-9-19(26)10-12-20/h6-14,17H,1,15-16H2,2-5H3,(H,27,31). The highest BCUT2D eigenvalue weighted by Crippen LogP contribution is 2.28. The Morgan fingerprint density at radius 3 is 2.45 bits per heavy atom. The molecule has 8 heteroatoms. The van der Waals surface area contributed by atoms with Gasteiger partial charge in [-0.1, -0.05) is 66.7 Å². The Kier molecular flexibility index (Phi) is 8.37. The molecule has 0 aliphatic rings.